The summed E-state index contributed by atoms with van der Waals surface area (Å²) in [5.74, 6) is -1.18. The first-order valence-electron chi connectivity index (χ1n) is 5.72. The predicted molar refractivity (Wildman–Crippen MR) is 68.4 cm³/mol. The van der Waals surface area contributed by atoms with Crippen molar-refractivity contribution in [1.82, 2.24) is 4.90 Å². The third-order valence-electron chi connectivity index (χ3n) is 2.74. The van der Waals surface area contributed by atoms with Crippen LogP contribution in [0, 0.1) is 6.92 Å². The lowest BCUT2D eigenvalue weighted by molar-refractivity contribution is -0.138. The Hall–Kier alpha value is -1.88. The summed E-state index contributed by atoms with van der Waals surface area (Å²) in [5.41, 5.74) is 7.06. The van der Waals surface area contributed by atoms with E-state index in [9.17, 15) is 9.59 Å². The average molecular weight is 250 g/mol. The van der Waals surface area contributed by atoms with Crippen molar-refractivity contribution in [3.63, 3.8) is 0 Å². The summed E-state index contributed by atoms with van der Waals surface area (Å²) in [4.78, 5) is 24.0. The van der Waals surface area contributed by atoms with E-state index in [1.165, 1.54) is 4.90 Å². The van der Waals surface area contributed by atoms with Crippen molar-refractivity contribution < 1.29 is 14.7 Å². The molecule has 18 heavy (non-hydrogen) atoms. The monoisotopic (exact) mass is 250 g/mol. The van der Waals surface area contributed by atoms with Crippen LogP contribution in [0.4, 0.5) is 0 Å². The Labute approximate surface area is 106 Å². The van der Waals surface area contributed by atoms with Gasteiger partial charge in [0.25, 0.3) is 5.91 Å². The number of benzene rings is 1. The molecule has 0 saturated carbocycles. The Kier molecular flexibility index (Phi) is 4.85. The first-order valence-corrected chi connectivity index (χ1v) is 5.72. The Morgan fingerprint density at radius 2 is 1.89 bits per heavy atom. The molecule has 98 valence electrons. The highest BCUT2D eigenvalue weighted by Crippen LogP contribution is 2.06. The van der Waals surface area contributed by atoms with Crippen LogP contribution in [0.3, 0.4) is 0 Å². The summed E-state index contributed by atoms with van der Waals surface area (Å²) < 4.78 is 0. The van der Waals surface area contributed by atoms with E-state index < -0.39 is 12.0 Å². The second-order valence-corrected chi connectivity index (χ2v) is 4.33. The molecule has 1 aromatic rings. The van der Waals surface area contributed by atoms with Crippen molar-refractivity contribution in [2.24, 2.45) is 5.73 Å². The Bertz CT molecular complexity index is 428. The number of aryl methyl sites for hydroxylation is 1. The van der Waals surface area contributed by atoms with Gasteiger partial charge in [-0.1, -0.05) is 17.7 Å². The lowest BCUT2D eigenvalue weighted by Crippen LogP contribution is -2.36. The smallest absolute Gasteiger partial charge is 0.320 e. The Morgan fingerprint density at radius 1 is 1.33 bits per heavy atom. The van der Waals surface area contributed by atoms with Crippen LogP contribution in [-0.2, 0) is 4.79 Å². The van der Waals surface area contributed by atoms with Gasteiger partial charge in [0, 0.05) is 19.2 Å². The van der Waals surface area contributed by atoms with Crippen LogP contribution in [0.1, 0.15) is 22.3 Å². The van der Waals surface area contributed by atoms with Crippen LogP contribution >= 0.6 is 0 Å². The number of aliphatic carboxylic acids is 1. The van der Waals surface area contributed by atoms with E-state index in [2.05, 4.69) is 0 Å². The normalized spacial score (nSPS) is 11.9. The van der Waals surface area contributed by atoms with Gasteiger partial charge >= 0.3 is 5.97 Å². The molecule has 1 unspecified atom stereocenters. The standard InChI is InChI=1S/C13H18N2O3/c1-9-3-5-10(6-4-9)12(16)15(2)8-7-11(14)13(17)18/h3-6,11H,7-8,14H2,1-2H3,(H,17,18). The molecule has 0 aliphatic heterocycles. The molecule has 1 amide bonds. The highest BCUT2D eigenvalue weighted by atomic mass is 16.4. The van der Waals surface area contributed by atoms with Crippen LogP contribution in [0.15, 0.2) is 24.3 Å². The van der Waals surface area contributed by atoms with Gasteiger partial charge in [0.2, 0.25) is 0 Å². The number of amides is 1. The minimum absolute atomic E-state index is 0.132. The molecule has 5 heteroatoms. The van der Waals surface area contributed by atoms with E-state index in [0.29, 0.717) is 12.1 Å². The minimum atomic E-state index is -1.05. The zero-order chi connectivity index (χ0) is 13.7. The van der Waals surface area contributed by atoms with Gasteiger partial charge in [0.1, 0.15) is 6.04 Å². The molecule has 0 spiro atoms. The second kappa shape index (κ2) is 6.16. The quantitative estimate of drug-likeness (QED) is 0.812. The largest absolute Gasteiger partial charge is 0.480 e. The Balaban J connectivity index is 2.56. The lowest BCUT2D eigenvalue weighted by atomic mass is 10.1. The highest BCUT2D eigenvalue weighted by Gasteiger charge is 2.15. The molecule has 5 nitrogen and oxygen atoms in total. The molecule has 0 bridgehead atoms. The van der Waals surface area contributed by atoms with Gasteiger partial charge in [-0.15, -0.1) is 0 Å². The molecule has 0 aliphatic carbocycles. The van der Waals surface area contributed by atoms with Gasteiger partial charge in [0.15, 0.2) is 0 Å². The maximum absolute atomic E-state index is 12.0. The number of carboxylic acid groups (broad SMARTS) is 1. The zero-order valence-electron chi connectivity index (χ0n) is 10.6. The number of carbonyl (C=O) groups excluding carboxylic acids is 1. The van der Waals surface area contributed by atoms with Crippen LogP contribution in [0.5, 0.6) is 0 Å². The fourth-order valence-electron chi connectivity index (χ4n) is 1.47. The summed E-state index contributed by atoms with van der Waals surface area (Å²) in [6.45, 7) is 2.27. The molecule has 1 aromatic carbocycles. The van der Waals surface area contributed by atoms with E-state index >= 15 is 0 Å². The number of hydrogen-bond donors (Lipinski definition) is 2. The number of carboxylic acids is 1. The average Bonchev–Trinajstić information content (AvgIpc) is 2.35. The van der Waals surface area contributed by atoms with Gasteiger partial charge in [-0.05, 0) is 25.5 Å². The number of rotatable bonds is 5. The maximum atomic E-state index is 12.0. The third kappa shape index (κ3) is 3.85. The van der Waals surface area contributed by atoms with Gasteiger partial charge in [-0.3, -0.25) is 9.59 Å². The molecule has 3 N–H and O–H groups in total. The molecular formula is C13H18N2O3. The molecule has 0 fully saturated rings. The van der Waals surface area contributed by atoms with Crippen molar-refractivity contribution >= 4 is 11.9 Å². The molecule has 0 radical (unpaired) electrons. The van der Waals surface area contributed by atoms with Gasteiger partial charge in [0.05, 0.1) is 0 Å². The summed E-state index contributed by atoms with van der Waals surface area (Å²) in [6, 6.07) is 6.31. The van der Waals surface area contributed by atoms with Crippen molar-refractivity contribution in [3.8, 4) is 0 Å². The van der Waals surface area contributed by atoms with Gasteiger partial charge in [-0.2, -0.15) is 0 Å². The third-order valence-corrected chi connectivity index (χ3v) is 2.74. The first kappa shape index (κ1) is 14.2. The summed E-state index contributed by atoms with van der Waals surface area (Å²) in [6.07, 6.45) is 0.240. The molecule has 0 saturated heterocycles. The molecule has 0 aliphatic rings. The first-order chi connectivity index (χ1) is 8.41. The van der Waals surface area contributed by atoms with Crippen LogP contribution < -0.4 is 5.73 Å². The van der Waals surface area contributed by atoms with Crippen molar-refractivity contribution in [2.45, 2.75) is 19.4 Å². The maximum Gasteiger partial charge on any atom is 0.320 e. The van der Waals surface area contributed by atoms with E-state index in [-0.39, 0.29) is 12.3 Å². The fourth-order valence-corrected chi connectivity index (χ4v) is 1.47. The summed E-state index contributed by atoms with van der Waals surface area (Å²) in [5, 5.41) is 8.65. The van der Waals surface area contributed by atoms with Gasteiger partial charge < -0.3 is 15.7 Å². The van der Waals surface area contributed by atoms with Crippen LogP contribution in [0.25, 0.3) is 0 Å². The van der Waals surface area contributed by atoms with E-state index in [4.69, 9.17) is 10.8 Å². The number of carbonyl (C=O) groups is 2. The number of nitrogens with two attached hydrogens (primary N) is 1. The fraction of sp³-hybridized carbons (Fsp3) is 0.385. The predicted octanol–water partition coefficient (Wildman–Crippen LogP) is 0.869. The van der Waals surface area contributed by atoms with Crippen LogP contribution in [0.2, 0.25) is 0 Å². The molecule has 0 heterocycles. The topological polar surface area (TPSA) is 83.6 Å². The van der Waals surface area contributed by atoms with E-state index in [0.717, 1.165) is 5.56 Å². The van der Waals surface area contributed by atoms with Crippen molar-refractivity contribution in [1.29, 1.82) is 0 Å². The molecular weight excluding hydrogens is 232 g/mol. The zero-order valence-corrected chi connectivity index (χ0v) is 10.6. The summed E-state index contributed by atoms with van der Waals surface area (Å²) in [7, 11) is 1.64. The van der Waals surface area contributed by atoms with E-state index in [1.807, 2.05) is 19.1 Å². The molecule has 1 atom stereocenters. The SMILES string of the molecule is Cc1ccc(C(=O)N(C)CCC(N)C(=O)O)cc1. The summed E-state index contributed by atoms with van der Waals surface area (Å²) >= 11 is 0. The van der Waals surface area contributed by atoms with E-state index in [1.54, 1.807) is 19.2 Å². The lowest BCUT2D eigenvalue weighted by Gasteiger charge is -2.18. The Morgan fingerprint density at radius 3 is 2.39 bits per heavy atom. The molecule has 0 aromatic heterocycles. The number of hydrogen-bond acceptors (Lipinski definition) is 3. The molecule has 1 rings (SSSR count). The van der Waals surface area contributed by atoms with Crippen molar-refractivity contribution in [2.75, 3.05) is 13.6 Å². The minimum Gasteiger partial charge on any atom is -0.480 e. The highest BCUT2D eigenvalue weighted by molar-refractivity contribution is 5.94. The number of nitrogens with zero attached hydrogens (tertiary/aromatic N) is 1. The van der Waals surface area contributed by atoms with Crippen molar-refractivity contribution in [3.05, 3.63) is 35.4 Å². The second-order valence-electron chi connectivity index (χ2n) is 4.33. The van der Waals surface area contributed by atoms with Gasteiger partial charge in [-0.25, -0.2) is 0 Å². The van der Waals surface area contributed by atoms with Crippen LogP contribution in [-0.4, -0.2) is 41.5 Å².